The molecular weight excluding hydrogens is 402 g/mol. The first kappa shape index (κ1) is 21.3. The number of sulfonamides is 1. The number of anilines is 2. The molecule has 1 aromatic heterocycles. The number of carbonyl (C=O) groups is 1. The second-order valence-electron chi connectivity index (χ2n) is 6.91. The molecule has 3 rings (SSSR count). The average molecular weight is 426 g/mol. The average Bonchev–Trinajstić information content (AvgIpc) is 2.71. The lowest BCUT2D eigenvalue weighted by Gasteiger charge is -2.16. The highest BCUT2D eigenvalue weighted by Gasteiger charge is 2.22. The number of aromatic nitrogens is 1. The fraction of sp³-hybridized carbons (Fsp3) is 0.182. The highest BCUT2D eigenvalue weighted by molar-refractivity contribution is 7.92. The van der Waals surface area contributed by atoms with Gasteiger partial charge in [-0.15, -0.1) is 0 Å². The van der Waals surface area contributed by atoms with Gasteiger partial charge in [0.2, 0.25) is 0 Å². The van der Waals surface area contributed by atoms with Crippen molar-refractivity contribution in [1.29, 1.82) is 0 Å². The van der Waals surface area contributed by atoms with Gasteiger partial charge in [0.1, 0.15) is 16.3 Å². The Bertz CT molecular complexity index is 1170. The van der Waals surface area contributed by atoms with Gasteiger partial charge in [0.05, 0.1) is 12.8 Å². The first-order chi connectivity index (χ1) is 14.2. The van der Waals surface area contributed by atoms with Crippen molar-refractivity contribution in [2.24, 2.45) is 0 Å². The molecule has 1 amide bonds. The Morgan fingerprint density at radius 2 is 1.70 bits per heavy atom. The van der Waals surface area contributed by atoms with Crippen LogP contribution in [0.25, 0.3) is 0 Å². The summed E-state index contributed by atoms with van der Waals surface area (Å²) in [7, 11) is -2.54. The number of hydrogen-bond donors (Lipinski definition) is 2. The second kappa shape index (κ2) is 8.54. The number of nitrogens with zero attached hydrogens (tertiary/aromatic N) is 1. The molecule has 0 aliphatic rings. The molecule has 8 heteroatoms. The highest BCUT2D eigenvalue weighted by Crippen LogP contribution is 2.31. The number of ether oxygens (including phenoxy) is 1. The van der Waals surface area contributed by atoms with Crippen LogP contribution in [-0.2, 0) is 10.0 Å². The van der Waals surface area contributed by atoms with E-state index in [0.29, 0.717) is 11.4 Å². The van der Waals surface area contributed by atoms with E-state index < -0.39 is 15.9 Å². The van der Waals surface area contributed by atoms with Crippen molar-refractivity contribution in [3.8, 4) is 5.75 Å². The molecule has 0 bridgehead atoms. The number of rotatable bonds is 6. The highest BCUT2D eigenvalue weighted by atomic mass is 32.2. The standard InChI is InChI=1S/C22H23N3O4S/c1-14-11-15(2)21(16(3)12-14)25-30(27,28)20-9-8-17(13-19(20)29-4)24-22(26)18-7-5-6-10-23-18/h5-13,25H,1-4H3,(H,24,26). The first-order valence-corrected chi connectivity index (χ1v) is 10.7. The number of nitrogens with one attached hydrogen (secondary N) is 2. The fourth-order valence-electron chi connectivity index (χ4n) is 3.19. The van der Waals surface area contributed by atoms with Crippen LogP contribution in [0.4, 0.5) is 11.4 Å². The zero-order valence-electron chi connectivity index (χ0n) is 17.2. The molecule has 0 fully saturated rings. The Hall–Kier alpha value is -3.39. The van der Waals surface area contributed by atoms with Crippen molar-refractivity contribution in [3.63, 3.8) is 0 Å². The van der Waals surface area contributed by atoms with Gasteiger partial charge < -0.3 is 10.1 Å². The van der Waals surface area contributed by atoms with Crippen molar-refractivity contribution in [3.05, 3.63) is 77.1 Å². The molecule has 7 nitrogen and oxygen atoms in total. The van der Waals surface area contributed by atoms with E-state index in [1.807, 2.05) is 32.9 Å². The summed E-state index contributed by atoms with van der Waals surface area (Å²) in [4.78, 5) is 16.3. The topological polar surface area (TPSA) is 97.4 Å². The molecule has 3 aromatic rings. The predicted octanol–water partition coefficient (Wildman–Crippen LogP) is 4.07. The minimum absolute atomic E-state index is 0.0276. The van der Waals surface area contributed by atoms with Gasteiger partial charge >= 0.3 is 0 Å². The van der Waals surface area contributed by atoms with E-state index in [2.05, 4.69) is 15.0 Å². The van der Waals surface area contributed by atoms with Crippen LogP contribution in [0.2, 0.25) is 0 Å². The zero-order valence-corrected chi connectivity index (χ0v) is 18.0. The third-order valence-electron chi connectivity index (χ3n) is 4.52. The van der Waals surface area contributed by atoms with Crippen LogP contribution in [0.5, 0.6) is 5.75 Å². The maximum atomic E-state index is 13.0. The third-order valence-corrected chi connectivity index (χ3v) is 5.91. The summed E-state index contributed by atoms with van der Waals surface area (Å²) in [5, 5.41) is 2.69. The van der Waals surface area contributed by atoms with Crippen LogP contribution >= 0.6 is 0 Å². The van der Waals surface area contributed by atoms with Gasteiger partial charge in [0, 0.05) is 18.0 Å². The van der Waals surface area contributed by atoms with Gasteiger partial charge in [-0.25, -0.2) is 8.42 Å². The number of carbonyl (C=O) groups excluding carboxylic acids is 1. The summed E-state index contributed by atoms with van der Waals surface area (Å²) >= 11 is 0. The molecule has 0 atom stereocenters. The first-order valence-electron chi connectivity index (χ1n) is 9.22. The number of hydrogen-bond acceptors (Lipinski definition) is 5. The Morgan fingerprint density at radius 1 is 1.00 bits per heavy atom. The number of pyridine rings is 1. The van der Waals surface area contributed by atoms with Crippen molar-refractivity contribution in [2.45, 2.75) is 25.7 Å². The maximum absolute atomic E-state index is 13.0. The molecular formula is C22H23N3O4S. The lowest BCUT2D eigenvalue weighted by Crippen LogP contribution is -2.17. The Kier molecular flexibility index (Phi) is 6.07. The fourth-order valence-corrected chi connectivity index (χ4v) is 4.54. The summed E-state index contributed by atoms with van der Waals surface area (Å²) in [5.41, 5.74) is 3.89. The van der Waals surface area contributed by atoms with Crippen LogP contribution in [0.3, 0.4) is 0 Å². The number of benzene rings is 2. The van der Waals surface area contributed by atoms with Gasteiger partial charge in [0.25, 0.3) is 15.9 Å². The Balaban J connectivity index is 1.90. The Labute approximate surface area is 176 Å². The minimum atomic E-state index is -3.91. The normalized spacial score (nSPS) is 11.1. The van der Waals surface area contributed by atoms with Crippen molar-refractivity contribution in [2.75, 3.05) is 17.1 Å². The predicted molar refractivity (Wildman–Crippen MR) is 117 cm³/mol. The van der Waals surface area contributed by atoms with E-state index in [1.54, 1.807) is 18.2 Å². The summed E-state index contributed by atoms with van der Waals surface area (Å²) in [5.74, 6) is -0.291. The zero-order chi connectivity index (χ0) is 21.9. The van der Waals surface area contributed by atoms with Crippen molar-refractivity contribution >= 4 is 27.3 Å². The van der Waals surface area contributed by atoms with Crippen molar-refractivity contribution in [1.82, 2.24) is 4.98 Å². The van der Waals surface area contributed by atoms with E-state index in [0.717, 1.165) is 16.7 Å². The molecule has 0 unspecified atom stereocenters. The lowest BCUT2D eigenvalue weighted by molar-refractivity contribution is 0.102. The van der Waals surface area contributed by atoms with Crippen LogP contribution in [0, 0.1) is 20.8 Å². The molecule has 0 aliphatic heterocycles. The van der Waals surface area contributed by atoms with Gasteiger partial charge in [-0.3, -0.25) is 14.5 Å². The smallest absolute Gasteiger partial charge is 0.274 e. The number of amides is 1. The third kappa shape index (κ3) is 4.60. The molecule has 0 saturated heterocycles. The van der Waals surface area contributed by atoms with Crippen LogP contribution in [0.15, 0.2) is 59.6 Å². The largest absolute Gasteiger partial charge is 0.495 e. The van der Waals surface area contributed by atoms with E-state index in [4.69, 9.17) is 4.74 Å². The molecule has 0 spiro atoms. The summed E-state index contributed by atoms with van der Waals surface area (Å²) in [6, 6.07) is 13.2. The van der Waals surface area contributed by atoms with Crippen LogP contribution < -0.4 is 14.8 Å². The van der Waals surface area contributed by atoms with Crippen LogP contribution in [0.1, 0.15) is 27.2 Å². The number of aryl methyl sites for hydroxylation is 3. The summed E-state index contributed by atoms with van der Waals surface area (Å²) < 4.78 is 34.0. The van der Waals surface area contributed by atoms with E-state index in [9.17, 15) is 13.2 Å². The molecule has 30 heavy (non-hydrogen) atoms. The van der Waals surface area contributed by atoms with Crippen molar-refractivity contribution < 1.29 is 17.9 Å². The molecule has 0 aliphatic carbocycles. The lowest BCUT2D eigenvalue weighted by atomic mass is 10.1. The molecule has 0 radical (unpaired) electrons. The maximum Gasteiger partial charge on any atom is 0.274 e. The van der Waals surface area contributed by atoms with E-state index in [-0.39, 0.29) is 16.3 Å². The molecule has 2 aromatic carbocycles. The summed E-state index contributed by atoms with van der Waals surface area (Å²) in [6.45, 7) is 5.66. The molecule has 1 heterocycles. The van der Waals surface area contributed by atoms with E-state index >= 15 is 0 Å². The second-order valence-corrected chi connectivity index (χ2v) is 8.56. The van der Waals surface area contributed by atoms with Gasteiger partial charge in [0.15, 0.2) is 0 Å². The summed E-state index contributed by atoms with van der Waals surface area (Å²) in [6.07, 6.45) is 1.52. The van der Waals surface area contributed by atoms with Gasteiger partial charge in [-0.05, 0) is 56.2 Å². The molecule has 156 valence electrons. The minimum Gasteiger partial charge on any atom is -0.495 e. The molecule has 0 saturated carbocycles. The van der Waals surface area contributed by atoms with Gasteiger partial charge in [-0.1, -0.05) is 23.8 Å². The SMILES string of the molecule is COc1cc(NC(=O)c2ccccn2)ccc1S(=O)(=O)Nc1c(C)cc(C)cc1C. The monoisotopic (exact) mass is 425 g/mol. The molecule has 2 N–H and O–H groups in total. The Morgan fingerprint density at radius 3 is 2.30 bits per heavy atom. The van der Waals surface area contributed by atoms with Crippen LogP contribution in [-0.4, -0.2) is 26.4 Å². The number of methoxy groups -OCH3 is 1. The quantitative estimate of drug-likeness (QED) is 0.620. The van der Waals surface area contributed by atoms with Gasteiger partial charge in [-0.2, -0.15) is 0 Å². The van der Waals surface area contributed by atoms with E-state index in [1.165, 1.54) is 31.5 Å².